The summed E-state index contributed by atoms with van der Waals surface area (Å²) in [4.78, 5) is 11.1. The molecular weight excluding hydrogens is 208 g/mol. The molecule has 2 heteroatoms. The summed E-state index contributed by atoms with van der Waals surface area (Å²) in [6.07, 6.45) is 10.7. The van der Waals surface area contributed by atoms with Crippen LogP contribution in [0.3, 0.4) is 0 Å². The molecule has 0 aliphatic carbocycles. The van der Waals surface area contributed by atoms with Gasteiger partial charge in [-0.15, -0.1) is 0 Å². The molecule has 0 aliphatic heterocycles. The van der Waals surface area contributed by atoms with E-state index in [-0.39, 0.29) is 11.2 Å². The van der Waals surface area contributed by atoms with Crippen LogP contribution < -0.4 is 0 Å². The lowest BCUT2D eigenvalue weighted by Crippen LogP contribution is -2.08. The van der Waals surface area contributed by atoms with Crippen LogP contribution in [0.1, 0.15) is 71.6 Å². The minimum absolute atomic E-state index is 0.114. The van der Waals surface area contributed by atoms with Crippen molar-refractivity contribution >= 4 is 16.8 Å². The van der Waals surface area contributed by atoms with Crippen LogP contribution in [-0.4, -0.2) is 5.24 Å². The topological polar surface area (TPSA) is 17.1 Å². The van der Waals surface area contributed by atoms with Crippen LogP contribution in [0.2, 0.25) is 0 Å². The summed E-state index contributed by atoms with van der Waals surface area (Å²) < 4.78 is 0. The summed E-state index contributed by atoms with van der Waals surface area (Å²) in [5.74, 6) is 0.114. The van der Waals surface area contributed by atoms with Crippen molar-refractivity contribution in [3.8, 4) is 0 Å². The largest absolute Gasteiger partial charge is 0.281 e. The van der Waals surface area contributed by atoms with Crippen molar-refractivity contribution in [2.75, 3.05) is 0 Å². The lowest BCUT2D eigenvalue weighted by atomic mass is 9.97. The number of hydrogen-bond donors (Lipinski definition) is 0. The molecule has 0 fully saturated rings. The number of halogens is 1. The van der Waals surface area contributed by atoms with Crippen LogP contribution in [0.5, 0.6) is 0 Å². The minimum Gasteiger partial charge on any atom is -0.281 e. The molecule has 1 atom stereocenters. The highest BCUT2D eigenvalue weighted by molar-refractivity contribution is 6.63. The van der Waals surface area contributed by atoms with E-state index in [0.717, 1.165) is 25.7 Å². The maximum absolute atomic E-state index is 11.1. The van der Waals surface area contributed by atoms with Crippen LogP contribution in [0, 0.1) is 5.92 Å². The number of carbonyl (C=O) groups is 1. The van der Waals surface area contributed by atoms with Crippen LogP contribution in [0.15, 0.2) is 0 Å². The zero-order valence-electron chi connectivity index (χ0n) is 10.2. The molecule has 90 valence electrons. The molecule has 0 spiro atoms. The highest BCUT2D eigenvalue weighted by Gasteiger charge is 2.13. The first-order valence-corrected chi connectivity index (χ1v) is 6.79. The number of carbonyl (C=O) groups excluding carboxylic acids is 1. The summed E-state index contributed by atoms with van der Waals surface area (Å²) >= 11 is 5.55. The van der Waals surface area contributed by atoms with Gasteiger partial charge in [-0.05, 0) is 24.4 Å². The van der Waals surface area contributed by atoms with Gasteiger partial charge in [-0.2, -0.15) is 0 Å². The monoisotopic (exact) mass is 232 g/mol. The van der Waals surface area contributed by atoms with Gasteiger partial charge < -0.3 is 0 Å². The average molecular weight is 233 g/mol. The van der Waals surface area contributed by atoms with Gasteiger partial charge >= 0.3 is 0 Å². The smallest absolute Gasteiger partial charge is 0.224 e. The molecule has 0 saturated heterocycles. The predicted molar refractivity (Wildman–Crippen MR) is 67.3 cm³/mol. The first-order valence-electron chi connectivity index (χ1n) is 6.41. The third-order valence-corrected chi connectivity index (χ3v) is 3.17. The Kier molecular flexibility index (Phi) is 10.4. The molecule has 0 aliphatic rings. The molecule has 0 radical (unpaired) electrons. The van der Waals surface area contributed by atoms with Gasteiger partial charge in [0.2, 0.25) is 5.24 Å². The van der Waals surface area contributed by atoms with Crippen LogP contribution >= 0.6 is 11.6 Å². The second-order valence-electron chi connectivity index (χ2n) is 4.35. The van der Waals surface area contributed by atoms with E-state index in [1.54, 1.807) is 0 Å². The van der Waals surface area contributed by atoms with E-state index in [4.69, 9.17) is 11.6 Å². The molecule has 0 aromatic heterocycles. The van der Waals surface area contributed by atoms with Gasteiger partial charge in [0.05, 0.1) is 0 Å². The van der Waals surface area contributed by atoms with Crippen LogP contribution in [-0.2, 0) is 4.79 Å². The summed E-state index contributed by atoms with van der Waals surface area (Å²) in [5.41, 5.74) is 0. The van der Waals surface area contributed by atoms with Gasteiger partial charge in [-0.1, -0.05) is 58.8 Å². The second kappa shape index (κ2) is 10.5. The Morgan fingerprint density at radius 3 is 2.07 bits per heavy atom. The van der Waals surface area contributed by atoms with E-state index in [0.29, 0.717) is 0 Å². The Hall–Kier alpha value is -0.0400. The maximum atomic E-state index is 11.1. The number of rotatable bonds is 10. The van der Waals surface area contributed by atoms with Gasteiger partial charge in [0.1, 0.15) is 0 Å². The summed E-state index contributed by atoms with van der Waals surface area (Å²) in [6.45, 7) is 4.33. The highest BCUT2D eigenvalue weighted by Crippen LogP contribution is 2.19. The Labute approximate surface area is 99.6 Å². The Bertz CT molecular complexity index is 157. The highest BCUT2D eigenvalue weighted by atomic mass is 35.5. The van der Waals surface area contributed by atoms with E-state index >= 15 is 0 Å². The molecule has 0 saturated carbocycles. The van der Waals surface area contributed by atoms with E-state index in [1.165, 1.54) is 32.1 Å². The van der Waals surface area contributed by atoms with Crippen molar-refractivity contribution in [3.63, 3.8) is 0 Å². The van der Waals surface area contributed by atoms with E-state index in [9.17, 15) is 4.79 Å². The molecule has 1 unspecified atom stereocenters. The van der Waals surface area contributed by atoms with E-state index < -0.39 is 0 Å². The molecule has 0 aromatic rings. The van der Waals surface area contributed by atoms with Crippen molar-refractivity contribution in [2.45, 2.75) is 71.6 Å². The van der Waals surface area contributed by atoms with Gasteiger partial charge in [0.15, 0.2) is 0 Å². The van der Waals surface area contributed by atoms with E-state index in [1.807, 2.05) is 0 Å². The quantitative estimate of drug-likeness (QED) is 0.386. The molecule has 0 N–H and O–H groups in total. The number of hydrogen-bond acceptors (Lipinski definition) is 1. The zero-order chi connectivity index (χ0) is 11.5. The zero-order valence-corrected chi connectivity index (χ0v) is 11.0. The molecular formula is C13H25ClO. The Balaban J connectivity index is 3.41. The van der Waals surface area contributed by atoms with Crippen molar-refractivity contribution < 1.29 is 4.79 Å². The van der Waals surface area contributed by atoms with Crippen LogP contribution in [0.4, 0.5) is 0 Å². The predicted octanol–water partition coefficient (Wildman–Crippen LogP) is 4.92. The molecule has 0 rings (SSSR count). The second-order valence-corrected chi connectivity index (χ2v) is 4.72. The molecule has 0 heterocycles. The van der Waals surface area contributed by atoms with Crippen molar-refractivity contribution in [2.24, 2.45) is 5.92 Å². The van der Waals surface area contributed by atoms with Gasteiger partial charge in [-0.3, -0.25) is 4.79 Å². The lowest BCUT2D eigenvalue weighted by molar-refractivity contribution is -0.115. The third kappa shape index (κ3) is 8.92. The first kappa shape index (κ1) is 15.0. The Morgan fingerprint density at radius 2 is 1.53 bits per heavy atom. The molecule has 0 aromatic carbocycles. The van der Waals surface area contributed by atoms with Crippen molar-refractivity contribution in [1.29, 1.82) is 0 Å². The van der Waals surface area contributed by atoms with Gasteiger partial charge in [0, 0.05) is 5.92 Å². The average Bonchev–Trinajstić information content (AvgIpc) is 2.21. The molecule has 0 amide bonds. The molecule has 0 bridgehead atoms. The fourth-order valence-corrected chi connectivity index (χ4v) is 2.11. The maximum Gasteiger partial charge on any atom is 0.224 e. The van der Waals surface area contributed by atoms with Crippen molar-refractivity contribution in [1.82, 2.24) is 0 Å². The van der Waals surface area contributed by atoms with Crippen molar-refractivity contribution in [3.05, 3.63) is 0 Å². The third-order valence-electron chi connectivity index (χ3n) is 2.86. The fraction of sp³-hybridized carbons (Fsp3) is 0.923. The lowest BCUT2D eigenvalue weighted by Gasteiger charge is -2.10. The summed E-state index contributed by atoms with van der Waals surface area (Å²) in [6, 6.07) is 0. The first-order chi connectivity index (χ1) is 7.22. The van der Waals surface area contributed by atoms with Crippen LogP contribution in [0.25, 0.3) is 0 Å². The van der Waals surface area contributed by atoms with Gasteiger partial charge in [0.25, 0.3) is 0 Å². The standard InChI is InChI=1S/C13H25ClO/c1-3-5-6-7-8-9-11-12(10-4-2)13(14)15/h12H,3-11H2,1-2H3. The fourth-order valence-electron chi connectivity index (χ4n) is 1.89. The Morgan fingerprint density at radius 1 is 0.933 bits per heavy atom. The molecule has 1 nitrogen and oxygen atoms in total. The van der Waals surface area contributed by atoms with Gasteiger partial charge in [-0.25, -0.2) is 0 Å². The minimum atomic E-state index is -0.134. The summed E-state index contributed by atoms with van der Waals surface area (Å²) in [5, 5.41) is -0.134. The summed E-state index contributed by atoms with van der Waals surface area (Å²) in [7, 11) is 0. The SMILES string of the molecule is CCCCCCCCC(CCC)C(=O)Cl. The normalized spacial score (nSPS) is 12.7. The number of unbranched alkanes of at least 4 members (excludes halogenated alkanes) is 5. The van der Waals surface area contributed by atoms with E-state index in [2.05, 4.69) is 13.8 Å². The molecule has 15 heavy (non-hydrogen) atoms.